The highest BCUT2D eigenvalue weighted by Gasteiger charge is 2.20. The van der Waals surface area contributed by atoms with Crippen molar-refractivity contribution in [2.75, 3.05) is 6.61 Å². The molecule has 1 heterocycles. The third-order valence-electron chi connectivity index (χ3n) is 3.35. The van der Waals surface area contributed by atoms with Crippen LogP contribution in [0, 0.1) is 0 Å². The van der Waals surface area contributed by atoms with E-state index in [1.165, 1.54) is 6.92 Å². The van der Waals surface area contributed by atoms with E-state index in [1.807, 2.05) is 13.8 Å². The van der Waals surface area contributed by atoms with E-state index < -0.39 is 11.6 Å². The summed E-state index contributed by atoms with van der Waals surface area (Å²) < 4.78 is 21.7. The molecule has 0 atom stereocenters. The van der Waals surface area contributed by atoms with Crippen LogP contribution in [-0.2, 0) is 4.79 Å². The zero-order chi connectivity index (χ0) is 19.1. The first kappa shape index (κ1) is 19.6. The van der Waals surface area contributed by atoms with Crippen molar-refractivity contribution in [2.24, 2.45) is 0 Å². The molecule has 0 aliphatic carbocycles. The second-order valence-electron chi connectivity index (χ2n) is 5.98. The number of fused-ring (bicyclic) bond motifs is 1. The number of benzene rings is 1. The van der Waals surface area contributed by atoms with Crippen LogP contribution in [0.2, 0.25) is 0 Å². The van der Waals surface area contributed by atoms with E-state index in [0.717, 1.165) is 12.8 Å². The smallest absolute Gasteiger partial charge is 0.383 e. The molecule has 1 aromatic carbocycles. The lowest BCUT2D eigenvalue weighted by molar-refractivity contribution is -0.132. The Kier molecular flexibility index (Phi) is 6.83. The molecule has 0 saturated heterocycles. The molecule has 0 spiro atoms. The van der Waals surface area contributed by atoms with E-state index in [0.29, 0.717) is 23.3 Å². The predicted octanol–water partition coefficient (Wildman–Crippen LogP) is 4.24. The number of hydrogen-bond acceptors (Lipinski definition) is 6. The summed E-state index contributed by atoms with van der Waals surface area (Å²) in [6.45, 7) is 7.45. The van der Waals surface area contributed by atoms with Crippen molar-refractivity contribution in [1.82, 2.24) is 0 Å². The highest BCUT2D eigenvalue weighted by Crippen LogP contribution is 2.35. The fourth-order valence-corrected chi connectivity index (χ4v) is 2.34. The Morgan fingerprint density at radius 3 is 2.65 bits per heavy atom. The van der Waals surface area contributed by atoms with Gasteiger partial charge < -0.3 is 18.6 Å². The zero-order valence-electron chi connectivity index (χ0n) is 15.5. The van der Waals surface area contributed by atoms with Crippen molar-refractivity contribution < 1.29 is 23.4 Å². The fourth-order valence-electron chi connectivity index (χ4n) is 2.34. The van der Waals surface area contributed by atoms with Gasteiger partial charge in [-0.15, -0.1) is 0 Å². The lowest BCUT2D eigenvalue weighted by Crippen LogP contribution is -2.15. The van der Waals surface area contributed by atoms with Crippen molar-refractivity contribution in [1.29, 1.82) is 0 Å². The minimum atomic E-state index is -0.772. The van der Waals surface area contributed by atoms with Crippen molar-refractivity contribution in [3.63, 3.8) is 0 Å². The third kappa shape index (κ3) is 5.12. The Labute approximate surface area is 152 Å². The molecule has 0 N–H and O–H groups in total. The van der Waals surface area contributed by atoms with E-state index in [1.54, 1.807) is 18.2 Å². The molecule has 6 nitrogen and oxygen atoms in total. The molecule has 2 rings (SSSR count). The number of ether oxygens (including phenoxy) is 3. The normalized spacial score (nSPS) is 11.3. The lowest BCUT2D eigenvalue weighted by Gasteiger charge is -2.15. The maximum absolute atomic E-state index is 12.2. The van der Waals surface area contributed by atoms with Crippen molar-refractivity contribution in [2.45, 2.75) is 46.6 Å². The molecule has 0 aliphatic rings. The lowest BCUT2D eigenvalue weighted by atomic mass is 10.2. The topological polar surface area (TPSA) is 75.0 Å². The number of rotatable bonds is 8. The average molecular weight is 360 g/mol. The van der Waals surface area contributed by atoms with Crippen molar-refractivity contribution in [3.05, 3.63) is 40.8 Å². The van der Waals surface area contributed by atoms with Crippen molar-refractivity contribution in [3.8, 4) is 17.2 Å². The molecule has 0 amide bonds. The molecule has 2 aromatic rings. The highest BCUT2D eigenvalue weighted by molar-refractivity contribution is 5.87. The van der Waals surface area contributed by atoms with Gasteiger partial charge in [-0.2, -0.15) is 0 Å². The maximum atomic E-state index is 12.2. The van der Waals surface area contributed by atoms with Gasteiger partial charge in [0.1, 0.15) is 11.3 Å². The Bertz CT molecular complexity index is 847. The molecule has 140 valence electrons. The molecule has 1 aromatic heterocycles. The summed E-state index contributed by atoms with van der Waals surface area (Å²) in [6, 6.07) is 5.11. The molecule has 6 heteroatoms. The van der Waals surface area contributed by atoms with Crippen LogP contribution in [-0.4, -0.2) is 18.7 Å². The minimum absolute atomic E-state index is 0.193. The minimum Gasteiger partial charge on any atom is -0.493 e. The van der Waals surface area contributed by atoms with Crippen LogP contribution in [0.4, 0.5) is 0 Å². The molecular formula is C20H24O6. The Hall–Kier alpha value is -2.76. The van der Waals surface area contributed by atoms with Crippen LogP contribution in [0.1, 0.15) is 40.5 Å². The molecular weight excluding hydrogens is 336 g/mol. The van der Waals surface area contributed by atoms with Gasteiger partial charge in [0.05, 0.1) is 18.1 Å². The summed E-state index contributed by atoms with van der Waals surface area (Å²) in [7, 11) is 0. The van der Waals surface area contributed by atoms with Crippen LogP contribution in [0.15, 0.2) is 39.6 Å². The van der Waals surface area contributed by atoms with Gasteiger partial charge in [-0.05, 0) is 38.8 Å². The second kappa shape index (κ2) is 9.08. The van der Waals surface area contributed by atoms with Crippen LogP contribution in [0.25, 0.3) is 11.0 Å². The van der Waals surface area contributed by atoms with Crippen LogP contribution >= 0.6 is 0 Å². The molecule has 0 aliphatic heterocycles. The van der Waals surface area contributed by atoms with Gasteiger partial charge in [0.2, 0.25) is 0 Å². The maximum Gasteiger partial charge on any atom is 0.383 e. The zero-order valence-corrected chi connectivity index (χ0v) is 15.5. The molecule has 0 fully saturated rings. The number of esters is 1. The Morgan fingerprint density at radius 2 is 2.00 bits per heavy atom. The first-order valence-corrected chi connectivity index (χ1v) is 8.66. The molecule has 0 bridgehead atoms. The Morgan fingerprint density at radius 1 is 1.23 bits per heavy atom. The third-order valence-corrected chi connectivity index (χ3v) is 3.35. The summed E-state index contributed by atoms with van der Waals surface area (Å²) in [5.74, 6) is -0.0809. The van der Waals surface area contributed by atoms with Gasteiger partial charge in [0, 0.05) is 13.0 Å². The highest BCUT2D eigenvalue weighted by atomic mass is 16.6. The Balaban J connectivity index is 2.38. The summed E-state index contributed by atoms with van der Waals surface area (Å²) in [5.41, 5.74) is -0.463. The SMILES string of the molecule is CC/C=C/CCOc1ccc2c(OC(C)C)c(OC(C)=O)c(=O)oc2c1. The van der Waals surface area contributed by atoms with Crippen LogP contribution < -0.4 is 19.8 Å². The molecule has 0 unspecified atom stereocenters. The quantitative estimate of drug-likeness (QED) is 0.303. The van der Waals surface area contributed by atoms with Gasteiger partial charge >= 0.3 is 11.6 Å². The van der Waals surface area contributed by atoms with E-state index in [9.17, 15) is 9.59 Å². The van der Waals surface area contributed by atoms with Gasteiger partial charge in [-0.25, -0.2) is 4.79 Å². The van der Waals surface area contributed by atoms with Gasteiger partial charge in [-0.1, -0.05) is 19.1 Å². The summed E-state index contributed by atoms with van der Waals surface area (Å²) >= 11 is 0. The van der Waals surface area contributed by atoms with E-state index >= 15 is 0 Å². The first-order valence-electron chi connectivity index (χ1n) is 8.66. The van der Waals surface area contributed by atoms with E-state index in [2.05, 4.69) is 19.1 Å². The van der Waals surface area contributed by atoms with Gasteiger partial charge in [0.15, 0.2) is 5.75 Å². The number of allylic oxidation sites excluding steroid dienone is 1. The number of carbonyl (C=O) groups is 1. The molecule has 0 saturated carbocycles. The first-order chi connectivity index (χ1) is 12.4. The predicted molar refractivity (Wildman–Crippen MR) is 99.1 cm³/mol. The fraction of sp³-hybridized carbons (Fsp3) is 0.400. The second-order valence-corrected chi connectivity index (χ2v) is 5.98. The van der Waals surface area contributed by atoms with Crippen LogP contribution in [0.5, 0.6) is 17.2 Å². The number of hydrogen-bond donors (Lipinski definition) is 0. The summed E-state index contributed by atoms with van der Waals surface area (Å²) in [6.07, 6.45) is 5.71. The van der Waals surface area contributed by atoms with E-state index in [4.69, 9.17) is 18.6 Å². The van der Waals surface area contributed by atoms with E-state index in [-0.39, 0.29) is 17.6 Å². The monoisotopic (exact) mass is 360 g/mol. The molecule has 26 heavy (non-hydrogen) atoms. The number of carbonyl (C=O) groups excluding carboxylic acids is 1. The van der Waals surface area contributed by atoms with Crippen LogP contribution in [0.3, 0.4) is 0 Å². The standard InChI is InChI=1S/C20H24O6/c1-5-6-7-8-11-23-15-9-10-16-17(12-15)26-20(22)19(25-14(4)21)18(16)24-13(2)3/h6-7,9-10,12-13H,5,8,11H2,1-4H3/b7-6+. The van der Waals surface area contributed by atoms with Gasteiger partial charge in [-0.3, -0.25) is 4.79 Å². The average Bonchev–Trinajstić information content (AvgIpc) is 2.57. The largest absolute Gasteiger partial charge is 0.493 e. The van der Waals surface area contributed by atoms with Gasteiger partial charge in [0.25, 0.3) is 5.75 Å². The van der Waals surface area contributed by atoms with Crippen molar-refractivity contribution >= 4 is 16.9 Å². The molecule has 0 radical (unpaired) electrons. The summed E-state index contributed by atoms with van der Waals surface area (Å²) in [4.78, 5) is 23.5. The summed E-state index contributed by atoms with van der Waals surface area (Å²) in [5, 5.41) is 0.535.